The molecule has 2 aromatic heterocycles. The minimum absolute atomic E-state index is 0. The lowest BCUT2D eigenvalue weighted by atomic mass is 10.4. The highest BCUT2D eigenvalue weighted by atomic mass is 79.9. The van der Waals surface area contributed by atoms with Crippen molar-refractivity contribution >= 4 is 54.9 Å². The van der Waals surface area contributed by atoms with Gasteiger partial charge in [0.25, 0.3) is 0 Å². The standard InChI is InChI=1S/C7H8BrN3O3.C7H10BrN3O.2CH4.H4N2.H2O/c8-5-3-6(11(13)14)7(10-4-5)9-1-2-12;8-5-3-6(9)7(11-4-5)10-1-2-12;;;1-2;/h3-4,12H,1-2H2,(H,9,10);3-4,12H,1-2,9H2,(H,10,11);2*1H4;1-2H2;1H2. The number of hydrazine groups is 1. The lowest BCUT2D eigenvalue weighted by Gasteiger charge is -2.05. The van der Waals surface area contributed by atoms with E-state index >= 15 is 0 Å². The summed E-state index contributed by atoms with van der Waals surface area (Å²) in [6, 6.07) is 3.11. The van der Waals surface area contributed by atoms with Crippen molar-refractivity contribution < 1.29 is 20.6 Å². The predicted octanol–water partition coefficient (Wildman–Crippen LogP) is 1.25. The Morgan fingerprint density at radius 3 is 1.81 bits per heavy atom. The molecular formula is C16H32Br2N8O5. The van der Waals surface area contributed by atoms with Crippen LogP contribution in [0.4, 0.5) is 23.0 Å². The Morgan fingerprint density at radius 1 is 0.968 bits per heavy atom. The number of nitrogens with zero attached hydrogens (tertiary/aromatic N) is 3. The fourth-order valence-corrected chi connectivity index (χ4v) is 2.32. The summed E-state index contributed by atoms with van der Waals surface area (Å²) >= 11 is 6.33. The van der Waals surface area contributed by atoms with Crippen LogP contribution in [0.15, 0.2) is 33.5 Å². The molecule has 0 fully saturated rings. The average Bonchev–Trinajstić information content (AvgIpc) is 2.68. The van der Waals surface area contributed by atoms with E-state index in [2.05, 4.69) is 64.1 Å². The van der Waals surface area contributed by atoms with Crippen LogP contribution in [-0.2, 0) is 0 Å². The third kappa shape index (κ3) is 14.5. The van der Waals surface area contributed by atoms with Gasteiger partial charge in [0.15, 0.2) is 0 Å². The number of nitrogens with two attached hydrogens (primary N) is 3. The normalized spacial score (nSPS) is 8.45. The van der Waals surface area contributed by atoms with Gasteiger partial charge >= 0.3 is 5.69 Å². The Bertz CT molecular complexity index is 743. The van der Waals surface area contributed by atoms with Gasteiger partial charge in [-0.05, 0) is 37.9 Å². The molecule has 2 rings (SSSR count). The molecule has 0 unspecified atom stereocenters. The molecule has 12 N–H and O–H groups in total. The molecule has 0 aliphatic carbocycles. The molecule has 0 spiro atoms. The van der Waals surface area contributed by atoms with Gasteiger partial charge < -0.3 is 32.1 Å². The number of nitrogen functional groups attached to an aromatic ring is 1. The first-order chi connectivity index (χ1) is 13.4. The maximum absolute atomic E-state index is 10.6. The minimum atomic E-state index is -0.530. The first-order valence-electron chi connectivity index (χ1n) is 7.62. The van der Waals surface area contributed by atoms with Gasteiger partial charge in [-0.15, -0.1) is 0 Å². The third-order valence-electron chi connectivity index (χ3n) is 2.72. The van der Waals surface area contributed by atoms with E-state index in [-0.39, 0.29) is 51.6 Å². The van der Waals surface area contributed by atoms with E-state index in [9.17, 15) is 10.1 Å². The molecule has 0 aliphatic heterocycles. The van der Waals surface area contributed by atoms with E-state index in [1.807, 2.05) is 0 Å². The van der Waals surface area contributed by atoms with Crippen LogP contribution in [0.1, 0.15) is 14.9 Å². The zero-order valence-electron chi connectivity index (χ0n) is 15.2. The summed E-state index contributed by atoms with van der Waals surface area (Å²) in [5, 5.41) is 33.2. The molecule has 2 aromatic rings. The molecule has 0 aromatic carbocycles. The summed E-state index contributed by atoms with van der Waals surface area (Å²) in [5.41, 5.74) is 6.08. The Balaban J connectivity index is -0.000000201. The van der Waals surface area contributed by atoms with Crippen LogP contribution >= 0.6 is 31.9 Å². The maximum Gasteiger partial charge on any atom is 0.312 e. The maximum atomic E-state index is 10.6. The highest BCUT2D eigenvalue weighted by Crippen LogP contribution is 2.24. The predicted molar refractivity (Wildman–Crippen MR) is 132 cm³/mol. The van der Waals surface area contributed by atoms with Crippen LogP contribution in [-0.4, -0.2) is 56.9 Å². The highest BCUT2D eigenvalue weighted by molar-refractivity contribution is 9.10. The van der Waals surface area contributed by atoms with Crippen molar-refractivity contribution in [3.63, 3.8) is 0 Å². The zero-order chi connectivity index (χ0) is 21.5. The highest BCUT2D eigenvalue weighted by Gasteiger charge is 2.14. The second kappa shape index (κ2) is 21.1. The van der Waals surface area contributed by atoms with Gasteiger partial charge in [0.2, 0.25) is 5.82 Å². The zero-order valence-corrected chi connectivity index (χ0v) is 18.4. The van der Waals surface area contributed by atoms with Crippen molar-refractivity contribution in [2.75, 3.05) is 42.7 Å². The van der Waals surface area contributed by atoms with Crippen LogP contribution in [0.3, 0.4) is 0 Å². The van der Waals surface area contributed by atoms with Crippen LogP contribution < -0.4 is 28.1 Å². The number of rotatable bonds is 7. The van der Waals surface area contributed by atoms with E-state index in [1.165, 1.54) is 12.3 Å². The molecule has 0 aliphatic rings. The van der Waals surface area contributed by atoms with Crippen molar-refractivity contribution in [1.29, 1.82) is 0 Å². The molecule has 0 amide bonds. The van der Waals surface area contributed by atoms with Crippen LogP contribution in [0.25, 0.3) is 0 Å². The summed E-state index contributed by atoms with van der Waals surface area (Å²) < 4.78 is 1.38. The monoisotopic (exact) mass is 574 g/mol. The Labute approximate surface area is 198 Å². The van der Waals surface area contributed by atoms with E-state index in [1.54, 1.807) is 12.3 Å². The summed E-state index contributed by atoms with van der Waals surface area (Å²) in [5.74, 6) is 8.76. The van der Waals surface area contributed by atoms with Gasteiger partial charge in [-0.1, -0.05) is 14.9 Å². The fourth-order valence-electron chi connectivity index (χ4n) is 1.66. The third-order valence-corrected chi connectivity index (χ3v) is 3.59. The van der Waals surface area contributed by atoms with Crippen LogP contribution in [0.5, 0.6) is 0 Å². The van der Waals surface area contributed by atoms with Gasteiger partial charge in [0.1, 0.15) is 5.82 Å². The van der Waals surface area contributed by atoms with Crippen molar-refractivity contribution in [1.82, 2.24) is 9.97 Å². The number of aliphatic hydroxyl groups is 2. The molecule has 0 bridgehead atoms. The molecule has 15 heteroatoms. The molecule has 180 valence electrons. The topological polar surface area (TPSA) is 243 Å². The van der Waals surface area contributed by atoms with Gasteiger partial charge in [-0.3, -0.25) is 21.8 Å². The number of nitrogens with one attached hydrogen (secondary N) is 2. The molecule has 0 saturated carbocycles. The number of aromatic nitrogens is 2. The number of aliphatic hydroxyl groups excluding tert-OH is 2. The van der Waals surface area contributed by atoms with Gasteiger partial charge in [0.05, 0.1) is 23.8 Å². The Morgan fingerprint density at radius 2 is 1.39 bits per heavy atom. The molecular weight excluding hydrogens is 544 g/mol. The quantitative estimate of drug-likeness (QED) is 0.140. The van der Waals surface area contributed by atoms with E-state index < -0.39 is 4.92 Å². The number of pyridine rings is 2. The number of hydrogen-bond acceptors (Lipinski definition) is 11. The smallest absolute Gasteiger partial charge is 0.312 e. The summed E-state index contributed by atoms with van der Waals surface area (Å²) in [7, 11) is 0. The van der Waals surface area contributed by atoms with E-state index in [0.717, 1.165) is 4.47 Å². The van der Waals surface area contributed by atoms with Crippen molar-refractivity contribution in [2.24, 2.45) is 11.7 Å². The average molecular weight is 576 g/mol. The number of hydrogen-bond donors (Lipinski definition) is 7. The molecule has 0 atom stereocenters. The van der Waals surface area contributed by atoms with Gasteiger partial charge in [0, 0.05) is 40.5 Å². The van der Waals surface area contributed by atoms with Crippen molar-refractivity contribution in [3.8, 4) is 0 Å². The first-order valence-corrected chi connectivity index (χ1v) is 9.21. The lowest BCUT2D eigenvalue weighted by molar-refractivity contribution is -0.384. The molecule has 0 saturated heterocycles. The first kappa shape index (κ1) is 36.2. The SMILES string of the molecule is C.C.NN.Nc1cc(Br)cnc1NCCO.O.O=[N+]([O-])c1cc(Br)cnc1NCCO. The second-order valence-electron chi connectivity index (χ2n) is 4.67. The summed E-state index contributed by atoms with van der Waals surface area (Å²) in [6.07, 6.45) is 3.10. The Hall–Kier alpha value is -2.14. The largest absolute Gasteiger partial charge is 0.412 e. The fraction of sp³-hybridized carbons (Fsp3) is 0.375. The lowest BCUT2D eigenvalue weighted by Crippen LogP contribution is -2.08. The summed E-state index contributed by atoms with van der Waals surface area (Å²) in [4.78, 5) is 17.9. The molecule has 2 heterocycles. The van der Waals surface area contributed by atoms with E-state index in [4.69, 9.17) is 15.9 Å². The van der Waals surface area contributed by atoms with Crippen molar-refractivity contribution in [2.45, 2.75) is 14.9 Å². The van der Waals surface area contributed by atoms with Gasteiger partial charge in [-0.25, -0.2) is 9.97 Å². The minimum Gasteiger partial charge on any atom is -0.412 e. The van der Waals surface area contributed by atoms with E-state index in [0.29, 0.717) is 22.5 Å². The Kier molecular flexibility index (Phi) is 24.7. The number of anilines is 3. The molecule has 0 radical (unpaired) electrons. The van der Waals surface area contributed by atoms with Crippen molar-refractivity contribution in [3.05, 3.63) is 43.6 Å². The van der Waals surface area contributed by atoms with Crippen LogP contribution in [0.2, 0.25) is 0 Å². The second-order valence-corrected chi connectivity index (χ2v) is 6.50. The van der Waals surface area contributed by atoms with Crippen LogP contribution in [0, 0.1) is 10.1 Å². The van der Waals surface area contributed by atoms with Gasteiger partial charge in [-0.2, -0.15) is 0 Å². The summed E-state index contributed by atoms with van der Waals surface area (Å²) in [6.45, 7) is 0.653. The molecule has 31 heavy (non-hydrogen) atoms. The molecule has 13 nitrogen and oxygen atoms in total. The number of nitro groups is 1. The number of halogens is 2.